The molecule has 0 spiro atoms. The number of hydrogen-bond donors (Lipinski definition) is 2. The van der Waals surface area contributed by atoms with E-state index < -0.39 is 0 Å². The zero-order valence-electron chi connectivity index (χ0n) is 10.8. The van der Waals surface area contributed by atoms with Crippen LogP contribution in [0, 0.1) is 5.92 Å². The van der Waals surface area contributed by atoms with Crippen LogP contribution in [0.4, 0.5) is 5.69 Å². The average molecular weight is 249 g/mol. The normalized spacial score (nSPS) is 23.2. The number of aromatic nitrogens is 1. The molecule has 5 nitrogen and oxygen atoms in total. The molecule has 2 heterocycles. The number of aliphatic hydroxyl groups is 1. The molecule has 18 heavy (non-hydrogen) atoms. The molecule has 1 aromatic rings. The maximum Gasteiger partial charge on any atom is 0.256 e. The molecule has 1 fully saturated rings. The Labute approximate surface area is 107 Å². The summed E-state index contributed by atoms with van der Waals surface area (Å²) in [6.07, 6.45) is 4.19. The van der Waals surface area contributed by atoms with Crippen LogP contribution < -0.4 is 5.32 Å². The Kier molecular flexibility index (Phi) is 3.81. The summed E-state index contributed by atoms with van der Waals surface area (Å²) < 4.78 is 0. The number of amides is 1. The molecular formula is C13H19N3O2. The Balaban J connectivity index is 2.26. The fourth-order valence-corrected chi connectivity index (χ4v) is 2.47. The van der Waals surface area contributed by atoms with Crippen molar-refractivity contribution in [1.29, 1.82) is 0 Å². The fraction of sp³-hybridized carbons (Fsp3) is 0.538. The van der Waals surface area contributed by atoms with Gasteiger partial charge >= 0.3 is 0 Å². The van der Waals surface area contributed by atoms with Crippen LogP contribution in [0.3, 0.4) is 0 Å². The number of carbonyl (C=O) groups excluding carboxylic acids is 1. The first-order chi connectivity index (χ1) is 8.69. The number of nitrogens with zero attached hydrogens (tertiary/aromatic N) is 2. The van der Waals surface area contributed by atoms with Crippen molar-refractivity contribution >= 4 is 11.6 Å². The molecule has 5 heteroatoms. The van der Waals surface area contributed by atoms with E-state index in [4.69, 9.17) is 0 Å². The minimum absolute atomic E-state index is 0.0207. The summed E-state index contributed by atoms with van der Waals surface area (Å²) in [6, 6.07) is 1.64. The van der Waals surface area contributed by atoms with Gasteiger partial charge in [-0.1, -0.05) is 6.92 Å². The van der Waals surface area contributed by atoms with Crippen molar-refractivity contribution in [3.05, 3.63) is 24.0 Å². The van der Waals surface area contributed by atoms with Crippen molar-refractivity contribution in [1.82, 2.24) is 9.88 Å². The molecule has 1 aliphatic rings. The van der Waals surface area contributed by atoms with E-state index in [1.54, 1.807) is 30.4 Å². The first-order valence-electron chi connectivity index (χ1n) is 6.22. The maximum atomic E-state index is 12.5. The summed E-state index contributed by atoms with van der Waals surface area (Å²) in [5.74, 6) is 0.309. The van der Waals surface area contributed by atoms with E-state index in [0.29, 0.717) is 18.0 Å². The number of aliphatic hydroxyl groups excluding tert-OH is 1. The standard InChI is InChI=1S/C13H19N3O2/c1-9-4-6-16(12(9)8-17)13(18)10-3-5-15-7-11(10)14-2/h3,5,7,9,12,14,17H,4,6,8H2,1-2H3. The predicted octanol–water partition coefficient (Wildman–Crippen LogP) is 0.966. The van der Waals surface area contributed by atoms with Crippen LogP contribution in [-0.4, -0.2) is 47.1 Å². The van der Waals surface area contributed by atoms with E-state index in [0.717, 1.165) is 12.1 Å². The molecular weight excluding hydrogens is 230 g/mol. The van der Waals surface area contributed by atoms with Gasteiger partial charge in [0.25, 0.3) is 5.91 Å². The van der Waals surface area contributed by atoms with E-state index >= 15 is 0 Å². The molecule has 1 amide bonds. The topological polar surface area (TPSA) is 65.5 Å². The van der Waals surface area contributed by atoms with Crippen molar-refractivity contribution < 1.29 is 9.90 Å². The summed E-state index contributed by atoms with van der Waals surface area (Å²) in [5, 5.41) is 12.4. The smallest absolute Gasteiger partial charge is 0.256 e. The van der Waals surface area contributed by atoms with Gasteiger partial charge in [-0.2, -0.15) is 0 Å². The zero-order chi connectivity index (χ0) is 13.1. The van der Waals surface area contributed by atoms with E-state index in [2.05, 4.69) is 17.2 Å². The van der Waals surface area contributed by atoms with E-state index in [-0.39, 0.29) is 18.6 Å². The number of rotatable bonds is 3. The number of anilines is 1. The molecule has 2 unspecified atom stereocenters. The summed E-state index contributed by atoms with van der Waals surface area (Å²) in [6.45, 7) is 2.79. The minimum atomic E-state index is -0.0737. The minimum Gasteiger partial charge on any atom is -0.394 e. The van der Waals surface area contributed by atoms with Gasteiger partial charge in [0.2, 0.25) is 0 Å². The lowest BCUT2D eigenvalue weighted by Gasteiger charge is -2.26. The van der Waals surface area contributed by atoms with Crippen molar-refractivity contribution in [2.45, 2.75) is 19.4 Å². The third kappa shape index (κ3) is 2.18. The van der Waals surface area contributed by atoms with Crippen LogP contribution in [0.1, 0.15) is 23.7 Å². The highest BCUT2D eigenvalue weighted by atomic mass is 16.3. The molecule has 1 aromatic heterocycles. The number of hydrogen-bond acceptors (Lipinski definition) is 4. The van der Waals surface area contributed by atoms with Gasteiger partial charge < -0.3 is 15.3 Å². The Bertz CT molecular complexity index is 436. The maximum absolute atomic E-state index is 12.5. The highest BCUT2D eigenvalue weighted by Gasteiger charge is 2.34. The van der Waals surface area contributed by atoms with E-state index in [1.165, 1.54) is 0 Å². The van der Waals surface area contributed by atoms with E-state index in [9.17, 15) is 9.90 Å². The number of nitrogens with one attached hydrogen (secondary N) is 1. The summed E-state index contributed by atoms with van der Waals surface area (Å²) in [5.41, 5.74) is 1.33. The van der Waals surface area contributed by atoms with Gasteiger partial charge in [-0.25, -0.2) is 0 Å². The molecule has 0 aliphatic carbocycles. The van der Waals surface area contributed by atoms with Crippen LogP contribution >= 0.6 is 0 Å². The van der Waals surface area contributed by atoms with Crippen molar-refractivity contribution in [2.24, 2.45) is 5.92 Å². The Hall–Kier alpha value is -1.62. The molecule has 98 valence electrons. The zero-order valence-corrected chi connectivity index (χ0v) is 10.8. The molecule has 2 atom stereocenters. The number of pyridine rings is 1. The van der Waals surface area contributed by atoms with Gasteiger partial charge in [0.15, 0.2) is 0 Å². The SMILES string of the molecule is CNc1cnccc1C(=O)N1CCC(C)C1CO. The molecule has 0 bridgehead atoms. The summed E-state index contributed by atoms with van der Waals surface area (Å²) in [4.78, 5) is 18.2. The average Bonchev–Trinajstić information content (AvgIpc) is 2.78. The van der Waals surface area contributed by atoms with Crippen molar-refractivity contribution in [3.8, 4) is 0 Å². The van der Waals surface area contributed by atoms with Gasteiger partial charge in [0.1, 0.15) is 0 Å². The molecule has 1 saturated heterocycles. The molecule has 1 aliphatic heterocycles. The fourth-order valence-electron chi connectivity index (χ4n) is 2.47. The monoisotopic (exact) mass is 249 g/mol. The first kappa shape index (κ1) is 12.8. The molecule has 0 radical (unpaired) electrons. The highest BCUT2D eigenvalue weighted by Crippen LogP contribution is 2.26. The van der Waals surface area contributed by atoms with Gasteiger partial charge in [-0.05, 0) is 18.4 Å². The summed E-state index contributed by atoms with van der Waals surface area (Å²) >= 11 is 0. The molecule has 2 rings (SSSR count). The Morgan fingerprint density at radius 2 is 2.44 bits per heavy atom. The lowest BCUT2D eigenvalue weighted by atomic mass is 10.0. The quantitative estimate of drug-likeness (QED) is 0.837. The van der Waals surface area contributed by atoms with Crippen LogP contribution in [0.25, 0.3) is 0 Å². The second-order valence-corrected chi connectivity index (χ2v) is 4.69. The number of likely N-dealkylation sites (tertiary alicyclic amines) is 1. The van der Waals surface area contributed by atoms with Gasteiger partial charge in [0, 0.05) is 19.8 Å². The largest absolute Gasteiger partial charge is 0.394 e. The first-order valence-corrected chi connectivity index (χ1v) is 6.22. The van der Waals surface area contributed by atoms with Crippen molar-refractivity contribution in [3.63, 3.8) is 0 Å². The lowest BCUT2D eigenvalue weighted by molar-refractivity contribution is 0.0649. The van der Waals surface area contributed by atoms with Gasteiger partial charge in [-0.15, -0.1) is 0 Å². The van der Waals surface area contributed by atoms with Crippen LogP contribution in [0.15, 0.2) is 18.5 Å². The molecule has 0 aromatic carbocycles. The third-order valence-electron chi connectivity index (χ3n) is 3.65. The second-order valence-electron chi connectivity index (χ2n) is 4.69. The third-order valence-corrected chi connectivity index (χ3v) is 3.65. The van der Waals surface area contributed by atoms with Gasteiger partial charge in [-0.3, -0.25) is 9.78 Å². The summed E-state index contributed by atoms with van der Waals surface area (Å²) in [7, 11) is 1.77. The highest BCUT2D eigenvalue weighted by molar-refractivity contribution is 5.99. The van der Waals surface area contributed by atoms with Crippen LogP contribution in [0.2, 0.25) is 0 Å². The van der Waals surface area contributed by atoms with Gasteiger partial charge in [0.05, 0.1) is 30.1 Å². The Morgan fingerprint density at radius 1 is 1.67 bits per heavy atom. The lowest BCUT2D eigenvalue weighted by Crippen LogP contribution is -2.40. The van der Waals surface area contributed by atoms with Crippen LogP contribution in [-0.2, 0) is 0 Å². The molecule has 2 N–H and O–H groups in total. The van der Waals surface area contributed by atoms with E-state index in [1.807, 2.05) is 0 Å². The Morgan fingerprint density at radius 3 is 3.11 bits per heavy atom. The predicted molar refractivity (Wildman–Crippen MR) is 69.5 cm³/mol. The second kappa shape index (κ2) is 5.35. The number of carbonyl (C=O) groups is 1. The molecule has 0 saturated carbocycles. The van der Waals surface area contributed by atoms with Crippen LogP contribution in [0.5, 0.6) is 0 Å². The van der Waals surface area contributed by atoms with Crippen molar-refractivity contribution in [2.75, 3.05) is 25.5 Å².